The van der Waals surface area contributed by atoms with E-state index in [1.807, 2.05) is 0 Å². The number of rotatable bonds is 18. The number of carbonyl (C=O) groups is 3. The SMILES string of the molecule is CCCCCCCCC(=O)NC(Cc1nnc(-c2ccc(C(=O)O)cc2)s1)C(=O)NCCCCCC. The summed E-state index contributed by atoms with van der Waals surface area (Å²) in [7, 11) is 0. The van der Waals surface area contributed by atoms with E-state index in [0.717, 1.165) is 50.5 Å². The number of nitrogens with one attached hydrogen (secondary N) is 2. The van der Waals surface area contributed by atoms with Crippen LogP contribution in [-0.4, -0.2) is 45.7 Å². The minimum atomic E-state index is -0.986. The van der Waals surface area contributed by atoms with E-state index in [1.54, 1.807) is 12.1 Å². The van der Waals surface area contributed by atoms with Gasteiger partial charge in [0.1, 0.15) is 16.1 Å². The van der Waals surface area contributed by atoms with Crippen molar-refractivity contribution in [2.75, 3.05) is 6.54 Å². The van der Waals surface area contributed by atoms with Crippen LogP contribution in [0.25, 0.3) is 10.6 Å². The molecule has 0 aliphatic heterocycles. The molecule has 8 nitrogen and oxygen atoms in total. The Hall–Kier alpha value is -2.81. The molecule has 0 bridgehead atoms. The van der Waals surface area contributed by atoms with Crippen LogP contribution in [0.2, 0.25) is 0 Å². The molecule has 0 aliphatic rings. The molecule has 198 valence electrons. The van der Waals surface area contributed by atoms with Crippen molar-refractivity contribution in [1.82, 2.24) is 20.8 Å². The lowest BCUT2D eigenvalue weighted by atomic mass is 10.1. The molecule has 1 aromatic heterocycles. The van der Waals surface area contributed by atoms with Gasteiger partial charge >= 0.3 is 5.97 Å². The second kappa shape index (κ2) is 16.8. The highest BCUT2D eigenvalue weighted by Crippen LogP contribution is 2.24. The van der Waals surface area contributed by atoms with Gasteiger partial charge in [0.15, 0.2) is 0 Å². The van der Waals surface area contributed by atoms with Gasteiger partial charge in [-0.25, -0.2) is 4.79 Å². The zero-order valence-electron chi connectivity index (χ0n) is 21.6. The van der Waals surface area contributed by atoms with Gasteiger partial charge in [-0.1, -0.05) is 88.7 Å². The quantitative estimate of drug-likeness (QED) is 0.229. The number of aromatic carboxylic acids is 1. The Kier molecular flexibility index (Phi) is 13.7. The molecule has 0 fully saturated rings. The van der Waals surface area contributed by atoms with Gasteiger partial charge < -0.3 is 15.7 Å². The van der Waals surface area contributed by atoms with E-state index < -0.39 is 12.0 Å². The predicted molar refractivity (Wildman–Crippen MR) is 143 cm³/mol. The van der Waals surface area contributed by atoms with E-state index in [9.17, 15) is 14.4 Å². The zero-order chi connectivity index (χ0) is 26.2. The Balaban J connectivity index is 1.98. The fraction of sp³-hybridized carbons (Fsp3) is 0.593. The van der Waals surface area contributed by atoms with Crippen molar-refractivity contribution in [3.05, 3.63) is 34.8 Å². The van der Waals surface area contributed by atoms with Gasteiger partial charge in [0, 0.05) is 24.9 Å². The summed E-state index contributed by atoms with van der Waals surface area (Å²) in [5.74, 6) is -1.31. The fourth-order valence-corrected chi connectivity index (χ4v) is 4.70. The van der Waals surface area contributed by atoms with E-state index >= 15 is 0 Å². The van der Waals surface area contributed by atoms with E-state index in [-0.39, 0.29) is 23.8 Å². The molecule has 0 aliphatic carbocycles. The summed E-state index contributed by atoms with van der Waals surface area (Å²) < 4.78 is 0. The first-order valence-corrected chi connectivity index (χ1v) is 14.0. The molecule has 2 rings (SSSR count). The van der Waals surface area contributed by atoms with Crippen molar-refractivity contribution in [2.45, 2.75) is 96.9 Å². The van der Waals surface area contributed by atoms with E-state index in [0.29, 0.717) is 23.0 Å². The third-order valence-electron chi connectivity index (χ3n) is 5.96. The van der Waals surface area contributed by atoms with Crippen LogP contribution in [0.3, 0.4) is 0 Å². The lowest BCUT2D eigenvalue weighted by Crippen LogP contribution is -2.48. The van der Waals surface area contributed by atoms with Gasteiger partial charge in [0.2, 0.25) is 11.8 Å². The molecule has 3 N–H and O–H groups in total. The number of aromatic nitrogens is 2. The van der Waals surface area contributed by atoms with Crippen LogP contribution in [-0.2, 0) is 16.0 Å². The number of carboxylic acids is 1. The first kappa shape index (κ1) is 29.4. The summed E-state index contributed by atoms with van der Waals surface area (Å²) in [6.45, 7) is 4.91. The van der Waals surface area contributed by atoms with Crippen molar-refractivity contribution in [1.29, 1.82) is 0 Å². The number of carboxylic acid groups (broad SMARTS) is 1. The Morgan fingerprint density at radius 2 is 1.53 bits per heavy atom. The first-order valence-electron chi connectivity index (χ1n) is 13.2. The zero-order valence-corrected chi connectivity index (χ0v) is 22.4. The topological polar surface area (TPSA) is 121 Å². The van der Waals surface area contributed by atoms with E-state index in [4.69, 9.17) is 5.11 Å². The molecule has 0 saturated heterocycles. The molecule has 2 amide bonds. The van der Waals surface area contributed by atoms with Crippen molar-refractivity contribution >= 4 is 29.1 Å². The maximum absolute atomic E-state index is 12.9. The summed E-state index contributed by atoms with van der Waals surface area (Å²) >= 11 is 1.34. The molecular weight excluding hydrogens is 476 g/mol. The molecule has 0 saturated carbocycles. The molecule has 1 atom stereocenters. The molecule has 1 heterocycles. The average molecular weight is 517 g/mol. The first-order chi connectivity index (χ1) is 17.4. The minimum absolute atomic E-state index is 0.120. The molecule has 9 heteroatoms. The Labute approximate surface area is 218 Å². The lowest BCUT2D eigenvalue weighted by Gasteiger charge is -2.17. The van der Waals surface area contributed by atoms with Crippen LogP contribution >= 0.6 is 11.3 Å². The van der Waals surface area contributed by atoms with Crippen molar-refractivity contribution in [3.63, 3.8) is 0 Å². The van der Waals surface area contributed by atoms with Crippen LogP contribution in [0.1, 0.15) is 99.8 Å². The average Bonchev–Trinajstić information content (AvgIpc) is 3.34. The number of nitrogens with zero attached hydrogens (tertiary/aromatic N) is 2. The summed E-state index contributed by atoms with van der Waals surface area (Å²) in [6, 6.07) is 5.72. The number of hydrogen-bond acceptors (Lipinski definition) is 6. The van der Waals surface area contributed by atoms with Crippen LogP contribution in [0, 0.1) is 0 Å². The van der Waals surface area contributed by atoms with Crippen LogP contribution in [0.5, 0.6) is 0 Å². The summed E-state index contributed by atoms with van der Waals surface area (Å²) in [5.41, 5.74) is 0.958. The maximum Gasteiger partial charge on any atom is 0.335 e. The monoisotopic (exact) mass is 516 g/mol. The van der Waals surface area contributed by atoms with Gasteiger partial charge in [-0.15, -0.1) is 10.2 Å². The highest BCUT2D eigenvalue weighted by Gasteiger charge is 2.23. The molecule has 1 unspecified atom stereocenters. The number of benzene rings is 1. The van der Waals surface area contributed by atoms with E-state index in [2.05, 4.69) is 34.7 Å². The van der Waals surface area contributed by atoms with Crippen LogP contribution in [0.4, 0.5) is 0 Å². The lowest BCUT2D eigenvalue weighted by molar-refractivity contribution is -0.129. The van der Waals surface area contributed by atoms with Crippen LogP contribution < -0.4 is 10.6 Å². The highest BCUT2D eigenvalue weighted by molar-refractivity contribution is 7.14. The van der Waals surface area contributed by atoms with Gasteiger partial charge in [0.25, 0.3) is 0 Å². The summed E-state index contributed by atoms with van der Waals surface area (Å²) in [5, 5.41) is 24.7. The normalized spacial score (nSPS) is 11.7. The summed E-state index contributed by atoms with van der Waals surface area (Å²) in [6.07, 6.45) is 11.5. The Morgan fingerprint density at radius 1 is 0.889 bits per heavy atom. The van der Waals surface area contributed by atoms with Gasteiger partial charge in [-0.2, -0.15) is 0 Å². The molecular formula is C27H40N4O4S. The highest BCUT2D eigenvalue weighted by atomic mass is 32.1. The second-order valence-electron chi connectivity index (χ2n) is 9.08. The molecule has 36 heavy (non-hydrogen) atoms. The third-order valence-corrected chi connectivity index (χ3v) is 6.96. The number of carbonyl (C=O) groups excluding carboxylic acids is 2. The van der Waals surface area contributed by atoms with Crippen LogP contribution in [0.15, 0.2) is 24.3 Å². The largest absolute Gasteiger partial charge is 0.478 e. The number of unbranched alkanes of at least 4 members (excludes halogenated alkanes) is 8. The van der Waals surface area contributed by atoms with Gasteiger partial charge in [-0.3, -0.25) is 9.59 Å². The standard InChI is InChI=1S/C27H40N4O4S/c1-3-5-7-9-10-11-13-23(32)29-22(25(33)28-18-12-8-6-4-2)19-24-30-31-26(36-24)20-14-16-21(17-15-20)27(34)35/h14-17,22H,3-13,18-19H2,1-2H3,(H,28,33)(H,29,32)(H,34,35). The minimum Gasteiger partial charge on any atom is -0.478 e. The number of hydrogen-bond donors (Lipinski definition) is 3. The Bertz CT molecular complexity index is 946. The number of amides is 2. The molecule has 1 aromatic carbocycles. The van der Waals surface area contributed by atoms with Gasteiger partial charge in [-0.05, 0) is 25.0 Å². The molecule has 2 aromatic rings. The van der Waals surface area contributed by atoms with Crippen molar-refractivity contribution in [2.24, 2.45) is 0 Å². The third kappa shape index (κ3) is 10.8. The van der Waals surface area contributed by atoms with Crippen molar-refractivity contribution in [3.8, 4) is 10.6 Å². The van der Waals surface area contributed by atoms with Gasteiger partial charge in [0.05, 0.1) is 5.56 Å². The fourth-order valence-electron chi connectivity index (χ4n) is 3.81. The van der Waals surface area contributed by atoms with Crippen molar-refractivity contribution < 1.29 is 19.5 Å². The van der Waals surface area contributed by atoms with E-state index in [1.165, 1.54) is 42.7 Å². The Morgan fingerprint density at radius 3 is 2.19 bits per heavy atom. The molecule has 0 radical (unpaired) electrons. The maximum atomic E-state index is 12.9. The predicted octanol–water partition coefficient (Wildman–Crippen LogP) is 5.38. The smallest absolute Gasteiger partial charge is 0.335 e. The second-order valence-corrected chi connectivity index (χ2v) is 10.1. The summed E-state index contributed by atoms with van der Waals surface area (Å²) in [4.78, 5) is 36.6. The molecule has 0 spiro atoms.